The number of aliphatic hydroxyl groups excluding tert-OH is 5. The summed E-state index contributed by atoms with van der Waals surface area (Å²) in [4.78, 5) is 0. The standard InChI is InChI=1S/C12H25N3O7/c13-2-5-7(17)8(18)10(20)12(21-5)22-11-4(15)1-3(14)6(16)9(11)19/h3-12,16-20H,1-2,13-15H2/t3-,4+,5-,6+,7-,8+,9-,10-,11-,12-/m1/s1. The Labute approximate surface area is 127 Å². The van der Waals surface area contributed by atoms with Gasteiger partial charge in [-0.1, -0.05) is 0 Å². The molecule has 1 aliphatic heterocycles. The normalized spacial score (nSPS) is 53.5. The van der Waals surface area contributed by atoms with Crippen LogP contribution in [0.15, 0.2) is 0 Å². The van der Waals surface area contributed by atoms with Gasteiger partial charge in [0.25, 0.3) is 0 Å². The van der Waals surface area contributed by atoms with E-state index in [-0.39, 0.29) is 13.0 Å². The van der Waals surface area contributed by atoms with Gasteiger partial charge in [-0.25, -0.2) is 0 Å². The van der Waals surface area contributed by atoms with E-state index in [1.165, 1.54) is 0 Å². The highest BCUT2D eigenvalue weighted by Crippen LogP contribution is 2.27. The molecule has 1 saturated carbocycles. The van der Waals surface area contributed by atoms with Crippen LogP contribution in [0.25, 0.3) is 0 Å². The van der Waals surface area contributed by atoms with E-state index in [1.54, 1.807) is 0 Å². The maximum atomic E-state index is 10.0. The fourth-order valence-electron chi connectivity index (χ4n) is 2.85. The predicted molar refractivity (Wildman–Crippen MR) is 73.2 cm³/mol. The first-order valence-electron chi connectivity index (χ1n) is 7.20. The number of aliphatic hydroxyl groups is 5. The summed E-state index contributed by atoms with van der Waals surface area (Å²) in [5, 5.41) is 49.3. The largest absolute Gasteiger partial charge is 0.389 e. The molecule has 0 aromatic carbocycles. The zero-order valence-corrected chi connectivity index (χ0v) is 12.0. The average molecular weight is 323 g/mol. The summed E-state index contributed by atoms with van der Waals surface area (Å²) in [7, 11) is 0. The van der Waals surface area contributed by atoms with Crippen molar-refractivity contribution in [2.75, 3.05) is 6.54 Å². The molecule has 1 saturated heterocycles. The Morgan fingerprint density at radius 1 is 0.864 bits per heavy atom. The zero-order chi connectivity index (χ0) is 16.6. The van der Waals surface area contributed by atoms with E-state index in [4.69, 9.17) is 26.7 Å². The van der Waals surface area contributed by atoms with Crippen LogP contribution in [0.3, 0.4) is 0 Å². The van der Waals surface area contributed by atoms with Gasteiger partial charge in [-0.3, -0.25) is 0 Å². The van der Waals surface area contributed by atoms with E-state index in [1.807, 2.05) is 0 Å². The molecule has 2 fully saturated rings. The van der Waals surface area contributed by atoms with E-state index in [9.17, 15) is 25.5 Å². The molecule has 10 atom stereocenters. The second-order valence-corrected chi connectivity index (χ2v) is 5.90. The third-order valence-electron chi connectivity index (χ3n) is 4.28. The number of hydrogen-bond donors (Lipinski definition) is 8. The number of ether oxygens (including phenoxy) is 2. The zero-order valence-electron chi connectivity index (χ0n) is 12.0. The second-order valence-electron chi connectivity index (χ2n) is 5.90. The Balaban J connectivity index is 2.08. The Morgan fingerprint density at radius 2 is 1.50 bits per heavy atom. The molecule has 0 bridgehead atoms. The summed E-state index contributed by atoms with van der Waals surface area (Å²) < 4.78 is 10.8. The molecule has 0 aromatic heterocycles. The second kappa shape index (κ2) is 7.01. The molecular weight excluding hydrogens is 298 g/mol. The van der Waals surface area contributed by atoms with Crippen LogP contribution in [0.4, 0.5) is 0 Å². The SMILES string of the molecule is NC[C@H]1O[C@H](O[C@H]2[C@H](O)[C@@H](O)[C@H](N)C[C@@H]2N)[C@H](O)[C@@H](O)[C@@H]1O. The van der Waals surface area contributed by atoms with Crippen LogP contribution in [0.5, 0.6) is 0 Å². The third kappa shape index (κ3) is 3.26. The Bertz CT molecular complexity index is 375. The maximum absolute atomic E-state index is 10.0. The Morgan fingerprint density at radius 3 is 2.09 bits per heavy atom. The highest BCUT2D eigenvalue weighted by molar-refractivity contribution is 4.99. The van der Waals surface area contributed by atoms with Gasteiger partial charge in [-0.2, -0.15) is 0 Å². The molecule has 1 heterocycles. The van der Waals surface area contributed by atoms with Crippen molar-refractivity contribution in [2.24, 2.45) is 17.2 Å². The fraction of sp³-hybridized carbons (Fsp3) is 1.00. The summed E-state index contributed by atoms with van der Waals surface area (Å²) >= 11 is 0. The molecule has 22 heavy (non-hydrogen) atoms. The topological polar surface area (TPSA) is 198 Å². The highest BCUT2D eigenvalue weighted by atomic mass is 16.7. The lowest BCUT2D eigenvalue weighted by molar-refractivity contribution is -0.318. The van der Waals surface area contributed by atoms with Crippen molar-refractivity contribution < 1.29 is 35.0 Å². The highest BCUT2D eigenvalue weighted by Gasteiger charge is 2.48. The fourth-order valence-corrected chi connectivity index (χ4v) is 2.85. The van der Waals surface area contributed by atoms with Gasteiger partial charge in [0.1, 0.15) is 36.6 Å². The summed E-state index contributed by atoms with van der Waals surface area (Å²) in [6, 6.07) is -1.38. The molecular formula is C12H25N3O7. The Kier molecular flexibility index (Phi) is 5.72. The van der Waals surface area contributed by atoms with Gasteiger partial charge in [0, 0.05) is 18.6 Å². The molecule has 0 aromatic rings. The quantitative estimate of drug-likeness (QED) is 0.248. The summed E-state index contributed by atoms with van der Waals surface area (Å²) in [5.74, 6) is 0. The van der Waals surface area contributed by atoms with E-state index in [0.29, 0.717) is 0 Å². The minimum absolute atomic E-state index is 0.0996. The van der Waals surface area contributed by atoms with Gasteiger partial charge in [0.05, 0.1) is 6.10 Å². The van der Waals surface area contributed by atoms with E-state index < -0.39 is 61.1 Å². The molecule has 130 valence electrons. The smallest absolute Gasteiger partial charge is 0.187 e. The monoisotopic (exact) mass is 323 g/mol. The number of hydrogen-bond acceptors (Lipinski definition) is 10. The summed E-state index contributed by atoms with van der Waals surface area (Å²) in [5.41, 5.74) is 16.9. The van der Waals surface area contributed by atoms with Crippen LogP contribution in [0, 0.1) is 0 Å². The lowest BCUT2D eigenvalue weighted by atomic mass is 9.84. The van der Waals surface area contributed by atoms with Gasteiger partial charge in [-0.05, 0) is 6.42 Å². The molecule has 10 heteroatoms. The van der Waals surface area contributed by atoms with Gasteiger partial charge < -0.3 is 52.2 Å². The third-order valence-corrected chi connectivity index (χ3v) is 4.28. The molecule has 0 spiro atoms. The number of rotatable bonds is 3. The molecule has 0 unspecified atom stereocenters. The van der Waals surface area contributed by atoms with Crippen LogP contribution in [-0.4, -0.2) is 93.2 Å². The van der Waals surface area contributed by atoms with Crippen molar-refractivity contribution in [2.45, 2.75) is 67.5 Å². The first-order chi connectivity index (χ1) is 10.3. The molecule has 10 nitrogen and oxygen atoms in total. The lowest BCUT2D eigenvalue weighted by Gasteiger charge is -2.45. The Hall–Kier alpha value is -0.400. The van der Waals surface area contributed by atoms with Gasteiger partial charge in [-0.15, -0.1) is 0 Å². The van der Waals surface area contributed by atoms with Crippen LogP contribution < -0.4 is 17.2 Å². The van der Waals surface area contributed by atoms with Crippen molar-refractivity contribution in [3.8, 4) is 0 Å². The minimum Gasteiger partial charge on any atom is -0.389 e. The molecule has 1 aliphatic carbocycles. The van der Waals surface area contributed by atoms with Crippen molar-refractivity contribution >= 4 is 0 Å². The molecule has 0 radical (unpaired) electrons. The molecule has 11 N–H and O–H groups in total. The average Bonchev–Trinajstić information content (AvgIpc) is 2.49. The van der Waals surface area contributed by atoms with Gasteiger partial charge in [0.15, 0.2) is 6.29 Å². The van der Waals surface area contributed by atoms with Crippen molar-refractivity contribution in [3.63, 3.8) is 0 Å². The lowest BCUT2D eigenvalue weighted by Crippen LogP contribution is -2.65. The van der Waals surface area contributed by atoms with Crippen LogP contribution in [0.1, 0.15) is 6.42 Å². The van der Waals surface area contributed by atoms with Crippen LogP contribution in [-0.2, 0) is 9.47 Å². The minimum atomic E-state index is -1.55. The van der Waals surface area contributed by atoms with E-state index in [2.05, 4.69) is 0 Å². The van der Waals surface area contributed by atoms with E-state index >= 15 is 0 Å². The molecule has 2 rings (SSSR count). The van der Waals surface area contributed by atoms with Crippen LogP contribution in [0.2, 0.25) is 0 Å². The first-order valence-corrected chi connectivity index (χ1v) is 7.20. The van der Waals surface area contributed by atoms with Crippen molar-refractivity contribution in [1.82, 2.24) is 0 Å². The summed E-state index contributed by atoms with van der Waals surface area (Å²) in [6.45, 7) is -0.0996. The summed E-state index contributed by atoms with van der Waals surface area (Å²) in [6.07, 6.45) is -10.1. The predicted octanol–water partition coefficient (Wildman–Crippen LogP) is -5.08. The molecule has 2 aliphatic rings. The van der Waals surface area contributed by atoms with Gasteiger partial charge >= 0.3 is 0 Å². The maximum Gasteiger partial charge on any atom is 0.187 e. The van der Waals surface area contributed by atoms with Crippen molar-refractivity contribution in [3.05, 3.63) is 0 Å². The molecule has 0 amide bonds. The van der Waals surface area contributed by atoms with Crippen molar-refractivity contribution in [1.29, 1.82) is 0 Å². The number of nitrogens with two attached hydrogens (primary N) is 3. The first kappa shape index (κ1) is 17.9. The van der Waals surface area contributed by atoms with Gasteiger partial charge in [0.2, 0.25) is 0 Å². The van der Waals surface area contributed by atoms with E-state index in [0.717, 1.165) is 0 Å². The van der Waals surface area contributed by atoms with Crippen LogP contribution >= 0.6 is 0 Å².